The molecule has 1 fully saturated rings. The van der Waals surface area contributed by atoms with Crippen LogP contribution in [0, 0.1) is 0 Å². The Morgan fingerprint density at radius 2 is 1.43 bits per heavy atom. The van der Waals surface area contributed by atoms with Crippen LogP contribution in [0.3, 0.4) is 0 Å². The van der Waals surface area contributed by atoms with E-state index >= 15 is 0 Å². The van der Waals surface area contributed by atoms with Gasteiger partial charge in [0.15, 0.2) is 5.78 Å². The van der Waals surface area contributed by atoms with Gasteiger partial charge in [-0.2, -0.15) is 0 Å². The Bertz CT molecular complexity index is 1950. The molecule has 0 bridgehead atoms. The zero-order chi connectivity index (χ0) is 40.5. The number of methoxy groups -OCH3 is 1. The number of anilines is 2. The Kier molecular flexibility index (Phi) is 13.7. The molecule has 3 unspecified atom stereocenters. The Balaban J connectivity index is 1.20. The molecule has 3 atom stereocenters. The van der Waals surface area contributed by atoms with Crippen LogP contribution in [0.15, 0.2) is 103 Å². The molecule has 4 aromatic rings. The minimum atomic E-state index is -1.41. The van der Waals surface area contributed by atoms with Crippen molar-refractivity contribution < 1.29 is 33.0 Å². The second-order valence-corrected chi connectivity index (χ2v) is 15.2. The smallest absolute Gasteiger partial charge is 0.328 e. The first-order chi connectivity index (χ1) is 26.7. The number of alkyl halides is 1. The van der Waals surface area contributed by atoms with Gasteiger partial charge in [0.25, 0.3) is 0 Å². The largest absolute Gasteiger partial charge is 0.467 e. The maximum Gasteiger partial charge on any atom is 0.328 e. The molecule has 1 heterocycles. The Hall–Kier alpha value is -5.55. The highest BCUT2D eigenvalue weighted by atomic mass is 19.1. The van der Waals surface area contributed by atoms with Gasteiger partial charge in [0.1, 0.15) is 23.4 Å². The lowest BCUT2D eigenvalue weighted by Crippen LogP contribution is -2.53. The van der Waals surface area contributed by atoms with Crippen molar-refractivity contribution in [2.45, 2.75) is 70.8 Å². The molecule has 0 aliphatic carbocycles. The average molecular weight is 765 g/mol. The van der Waals surface area contributed by atoms with E-state index in [2.05, 4.69) is 20.4 Å². The predicted octanol–water partition coefficient (Wildman–Crippen LogP) is 7.50. The van der Waals surface area contributed by atoms with Crippen molar-refractivity contribution in [2.24, 2.45) is 0 Å². The maximum atomic E-state index is 14.8. The summed E-state index contributed by atoms with van der Waals surface area (Å²) in [4.78, 5) is 56.9. The van der Waals surface area contributed by atoms with Crippen molar-refractivity contribution in [1.29, 1.82) is 0 Å². The van der Waals surface area contributed by atoms with Crippen LogP contribution < -0.4 is 15.5 Å². The van der Waals surface area contributed by atoms with Gasteiger partial charge in [-0.15, -0.1) is 0 Å². The quantitative estimate of drug-likeness (QED) is 0.0938. The molecular formula is C45H53FN4O6. The molecule has 0 spiro atoms. The van der Waals surface area contributed by atoms with Crippen LogP contribution in [0.1, 0.15) is 75.0 Å². The Morgan fingerprint density at radius 3 is 2.04 bits per heavy atom. The first-order valence-corrected chi connectivity index (χ1v) is 19.1. The van der Waals surface area contributed by atoms with Crippen LogP contribution in [-0.2, 0) is 29.5 Å². The van der Waals surface area contributed by atoms with Gasteiger partial charge < -0.3 is 25.0 Å². The molecule has 0 radical (unpaired) electrons. The first-order valence-electron chi connectivity index (χ1n) is 19.1. The van der Waals surface area contributed by atoms with Crippen molar-refractivity contribution in [1.82, 2.24) is 10.2 Å². The molecule has 1 amide bonds. The van der Waals surface area contributed by atoms with E-state index < -0.39 is 41.2 Å². The van der Waals surface area contributed by atoms with E-state index in [4.69, 9.17) is 9.47 Å². The highest BCUT2D eigenvalue weighted by Crippen LogP contribution is 2.32. The number of piperazine rings is 1. The Morgan fingerprint density at radius 1 is 0.804 bits per heavy atom. The fourth-order valence-electron chi connectivity index (χ4n) is 6.78. The SMILES string of the molecule is CCC(C)(F)c1ccc(-c2ccccc2C(=O)CNc2ccc(N3CCN(C(C(=O)NC(CC(=O)OC(C)(C)C)C(=O)OC)c4ccccc4)CC3)cc2)cc1. The fraction of sp³-hybridized carbons (Fsp3) is 0.378. The van der Waals surface area contributed by atoms with Gasteiger partial charge >= 0.3 is 11.9 Å². The number of ether oxygens (including phenoxy) is 2. The molecule has 1 saturated heterocycles. The van der Waals surface area contributed by atoms with E-state index in [9.17, 15) is 23.6 Å². The summed E-state index contributed by atoms with van der Waals surface area (Å²) in [6, 6.07) is 30.1. The molecule has 0 aromatic heterocycles. The molecule has 4 aromatic carbocycles. The monoisotopic (exact) mass is 764 g/mol. The van der Waals surface area contributed by atoms with Gasteiger partial charge in [-0.25, -0.2) is 9.18 Å². The number of ketones is 1. The number of Topliss-reactive ketones (excluding diaryl/α,β-unsaturated/α-hetero) is 1. The maximum absolute atomic E-state index is 14.8. The summed E-state index contributed by atoms with van der Waals surface area (Å²) in [5.41, 5.74) is 3.28. The highest BCUT2D eigenvalue weighted by Gasteiger charge is 2.35. The number of hydrogen-bond donors (Lipinski definition) is 2. The molecule has 5 rings (SSSR count). The van der Waals surface area contributed by atoms with Gasteiger partial charge in [-0.3, -0.25) is 19.3 Å². The second-order valence-electron chi connectivity index (χ2n) is 15.2. The first kappa shape index (κ1) is 41.6. The zero-order valence-electron chi connectivity index (χ0n) is 33.1. The van der Waals surface area contributed by atoms with Crippen molar-refractivity contribution in [3.05, 3.63) is 120 Å². The number of hydrogen-bond acceptors (Lipinski definition) is 9. The highest BCUT2D eigenvalue weighted by molar-refractivity contribution is 6.04. The number of carbonyl (C=O) groups is 4. The van der Waals surface area contributed by atoms with Crippen LogP contribution in [0.25, 0.3) is 11.1 Å². The van der Waals surface area contributed by atoms with Gasteiger partial charge in [-0.05, 0) is 80.6 Å². The number of esters is 2. The summed E-state index contributed by atoms with van der Waals surface area (Å²) in [7, 11) is 1.21. The topological polar surface area (TPSA) is 117 Å². The lowest BCUT2D eigenvalue weighted by atomic mass is 9.91. The summed E-state index contributed by atoms with van der Waals surface area (Å²) in [6.45, 7) is 11.1. The van der Waals surface area contributed by atoms with Gasteiger partial charge in [0.05, 0.1) is 20.1 Å². The van der Waals surface area contributed by atoms with Crippen molar-refractivity contribution in [3.8, 4) is 11.1 Å². The van der Waals surface area contributed by atoms with Gasteiger partial charge in [0, 0.05) is 43.1 Å². The third-order valence-electron chi connectivity index (χ3n) is 10.0. The normalized spacial score (nSPS) is 15.5. The van der Waals surface area contributed by atoms with Gasteiger partial charge in [-0.1, -0.05) is 85.8 Å². The van der Waals surface area contributed by atoms with E-state index in [0.29, 0.717) is 43.7 Å². The van der Waals surface area contributed by atoms with E-state index in [1.54, 1.807) is 39.8 Å². The molecule has 11 heteroatoms. The fourth-order valence-corrected chi connectivity index (χ4v) is 6.78. The van der Waals surface area contributed by atoms with Crippen molar-refractivity contribution in [2.75, 3.05) is 50.1 Å². The lowest BCUT2D eigenvalue weighted by Gasteiger charge is -2.40. The van der Waals surface area contributed by atoms with E-state index in [0.717, 1.165) is 28.1 Å². The summed E-state index contributed by atoms with van der Waals surface area (Å²) in [6.07, 6.45) is 0.0230. The molecule has 296 valence electrons. The molecular weight excluding hydrogens is 712 g/mol. The third-order valence-corrected chi connectivity index (χ3v) is 10.0. The van der Waals surface area contributed by atoms with Crippen LogP contribution in [0.5, 0.6) is 0 Å². The summed E-state index contributed by atoms with van der Waals surface area (Å²) < 4.78 is 25.2. The molecule has 1 aliphatic rings. The molecule has 0 saturated carbocycles. The van der Waals surface area contributed by atoms with Crippen LogP contribution >= 0.6 is 0 Å². The molecule has 2 N–H and O–H groups in total. The summed E-state index contributed by atoms with van der Waals surface area (Å²) >= 11 is 0. The van der Waals surface area contributed by atoms with Crippen molar-refractivity contribution >= 4 is 35.0 Å². The lowest BCUT2D eigenvalue weighted by molar-refractivity contribution is -0.159. The minimum Gasteiger partial charge on any atom is -0.467 e. The van der Waals surface area contributed by atoms with Crippen LogP contribution in [0.2, 0.25) is 0 Å². The zero-order valence-corrected chi connectivity index (χ0v) is 33.1. The number of halogens is 1. The number of benzene rings is 4. The van der Waals surface area contributed by atoms with Crippen LogP contribution in [0.4, 0.5) is 15.8 Å². The number of carbonyl (C=O) groups excluding carboxylic acids is 4. The van der Waals surface area contributed by atoms with Gasteiger partial charge in [0.2, 0.25) is 5.91 Å². The Labute approximate surface area is 329 Å². The molecule has 56 heavy (non-hydrogen) atoms. The second kappa shape index (κ2) is 18.4. The number of nitrogens with one attached hydrogen (secondary N) is 2. The number of rotatable bonds is 15. The van der Waals surface area contributed by atoms with E-state index in [1.807, 2.05) is 97.9 Å². The van der Waals surface area contributed by atoms with Crippen molar-refractivity contribution in [3.63, 3.8) is 0 Å². The predicted molar refractivity (Wildman–Crippen MR) is 217 cm³/mol. The van der Waals surface area contributed by atoms with E-state index in [1.165, 1.54) is 7.11 Å². The number of amides is 1. The number of nitrogens with zero attached hydrogens (tertiary/aromatic N) is 2. The summed E-state index contributed by atoms with van der Waals surface area (Å²) in [5.74, 6) is -1.82. The summed E-state index contributed by atoms with van der Waals surface area (Å²) in [5, 5.41) is 6.03. The average Bonchev–Trinajstić information content (AvgIpc) is 3.19. The van der Waals surface area contributed by atoms with E-state index in [-0.39, 0.29) is 18.7 Å². The van der Waals surface area contributed by atoms with Crippen LogP contribution in [-0.4, -0.2) is 80.0 Å². The third kappa shape index (κ3) is 10.8. The molecule has 1 aliphatic heterocycles. The molecule has 10 nitrogen and oxygen atoms in total. The minimum absolute atomic E-state index is 0.0616. The standard InChI is InChI=1S/C45H53FN4O6/c1-7-45(5,46)33-19-17-31(18-20-33)36-15-11-12-16-37(36)39(51)30-47-34-21-23-35(24-22-34)49-25-27-50(28-26-49)41(32-13-9-8-10-14-32)42(53)48-38(43(54)55-6)29-40(52)56-44(2,3)4/h8-24,38,41,47H,7,25-30H2,1-6H3,(H,48,53).